The van der Waals surface area contributed by atoms with Crippen LogP contribution in [0.2, 0.25) is 0 Å². The van der Waals surface area contributed by atoms with Gasteiger partial charge >= 0.3 is 0 Å². The summed E-state index contributed by atoms with van der Waals surface area (Å²) < 4.78 is 0. The molecular formula is C10H19NO. The van der Waals surface area contributed by atoms with Crippen LogP contribution in [0.1, 0.15) is 33.6 Å². The molecular weight excluding hydrogens is 150 g/mol. The van der Waals surface area contributed by atoms with Gasteiger partial charge in [0.1, 0.15) is 0 Å². The lowest BCUT2D eigenvalue weighted by molar-refractivity contribution is -0.126. The minimum absolute atomic E-state index is 0.140. The maximum atomic E-state index is 11.4. The molecule has 0 aromatic carbocycles. The molecule has 12 heavy (non-hydrogen) atoms. The van der Waals surface area contributed by atoms with Crippen molar-refractivity contribution in [1.82, 2.24) is 4.90 Å². The van der Waals surface area contributed by atoms with Crippen LogP contribution in [0.15, 0.2) is 12.2 Å². The summed E-state index contributed by atoms with van der Waals surface area (Å²) in [5.74, 6) is 0.140. The number of allylic oxidation sites excluding steroid dienone is 1. The van der Waals surface area contributed by atoms with E-state index in [0.29, 0.717) is 0 Å². The molecule has 0 aliphatic rings. The van der Waals surface area contributed by atoms with Crippen molar-refractivity contribution in [3.8, 4) is 0 Å². The highest BCUT2D eigenvalue weighted by atomic mass is 16.2. The normalized spacial score (nSPS) is 10.6. The van der Waals surface area contributed by atoms with E-state index in [1.54, 1.807) is 12.2 Å². The molecule has 0 unspecified atom stereocenters. The Morgan fingerprint density at radius 2 is 1.75 bits per heavy atom. The summed E-state index contributed by atoms with van der Waals surface area (Å²) in [6.07, 6.45) is 5.48. The molecule has 0 fully saturated rings. The van der Waals surface area contributed by atoms with Gasteiger partial charge < -0.3 is 4.90 Å². The fourth-order valence-electron chi connectivity index (χ4n) is 1.12. The van der Waals surface area contributed by atoms with Gasteiger partial charge in [-0.1, -0.05) is 19.9 Å². The Hall–Kier alpha value is -0.790. The summed E-state index contributed by atoms with van der Waals surface area (Å²) in [6, 6.07) is 0. The van der Waals surface area contributed by atoms with E-state index in [-0.39, 0.29) is 5.91 Å². The second-order valence-electron chi connectivity index (χ2n) is 2.83. The van der Waals surface area contributed by atoms with E-state index in [1.165, 1.54) is 0 Å². The Bertz CT molecular complexity index is 146. The van der Waals surface area contributed by atoms with E-state index < -0.39 is 0 Å². The topological polar surface area (TPSA) is 20.3 Å². The van der Waals surface area contributed by atoms with Gasteiger partial charge in [0.2, 0.25) is 5.91 Å². The van der Waals surface area contributed by atoms with Crippen LogP contribution in [0, 0.1) is 0 Å². The fraction of sp³-hybridized carbons (Fsp3) is 0.700. The summed E-state index contributed by atoms with van der Waals surface area (Å²) in [5.41, 5.74) is 0. The third-order valence-electron chi connectivity index (χ3n) is 1.61. The van der Waals surface area contributed by atoms with Gasteiger partial charge in [-0.25, -0.2) is 0 Å². The van der Waals surface area contributed by atoms with Crippen molar-refractivity contribution in [3.63, 3.8) is 0 Å². The van der Waals surface area contributed by atoms with E-state index in [4.69, 9.17) is 0 Å². The molecule has 2 heteroatoms. The lowest BCUT2D eigenvalue weighted by Crippen LogP contribution is -2.30. The van der Waals surface area contributed by atoms with Gasteiger partial charge in [-0.15, -0.1) is 0 Å². The van der Waals surface area contributed by atoms with Crippen molar-refractivity contribution in [1.29, 1.82) is 0 Å². The number of nitrogens with zero attached hydrogens (tertiary/aromatic N) is 1. The SMILES string of the molecule is CC=CC(=O)N(CCC)CCC. The van der Waals surface area contributed by atoms with Crippen molar-refractivity contribution in [2.75, 3.05) is 13.1 Å². The van der Waals surface area contributed by atoms with E-state index in [0.717, 1.165) is 25.9 Å². The minimum Gasteiger partial charge on any atom is -0.339 e. The summed E-state index contributed by atoms with van der Waals surface area (Å²) in [7, 11) is 0. The minimum atomic E-state index is 0.140. The second-order valence-corrected chi connectivity index (χ2v) is 2.83. The molecule has 0 aliphatic heterocycles. The molecule has 0 saturated carbocycles. The van der Waals surface area contributed by atoms with Crippen molar-refractivity contribution in [3.05, 3.63) is 12.2 Å². The monoisotopic (exact) mass is 169 g/mol. The highest BCUT2D eigenvalue weighted by molar-refractivity contribution is 5.87. The van der Waals surface area contributed by atoms with E-state index in [9.17, 15) is 4.79 Å². The summed E-state index contributed by atoms with van der Waals surface area (Å²) in [4.78, 5) is 13.3. The molecule has 0 saturated heterocycles. The third-order valence-corrected chi connectivity index (χ3v) is 1.61. The average molecular weight is 169 g/mol. The Labute approximate surface area is 75.3 Å². The number of carbonyl (C=O) groups excluding carboxylic acids is 1. The highest BCUT2D eigenvalue weighted by Gasteiger charge is 2.06. The van der Waals surface area contributed by atoms with E-state index >= 15 is 0 Å². The zero-order valence-corrected chi connectivity index (χ0v) is 8.34. The van der Waals surface area contributed by atoms with Crippen molar-refractivity contribution >= 4 is 5.91 Å². The predicted molar refractivity (Wildman–Crippen MR) is 52.0 cm³/mol. The Balaban J connectivity index is 3.98. The van der Waals surface area contributed by atoms with Gasteiger partial charge in [-0.3, -0.25) is 4.79 Å². The van der Waals surface area contributed by atoms with Crippen molar-refractivity contribution in [2.45, 2.75) is 33.6 Å². The highest BCUT2D eigenvalue weighted by Crippen LogP contribution is 1.96. The van der Waals surface area contributed by atoms with Crippen LogP contribution in [0.5, 0.6) is 0 Å². The van der Waals surface area contributed by atoms with Crippen LogP contribution in [0.3, 0.4) is 0 Å². The van der Waals surface area contributed by atoms with Gasteiger partial charge in [0.15, 0.2) is 0 Å². The first-order valence-corrected chi connectivity index (χ1v) is 4.67. The first kappa shape index (κ1) is 11.2. The van der Waals surface area contributed by atoms with Gasteiger partial charge in [0.05, 0.1) is 0 Å². The zero-order chi connectivity index (χ0) is 9.40. The Morgan fingerprint density at radius 1 is 1.25 bits per heavy atom. The fourth-order valence-corrected chi connectivity index (χ4v) is 1.12. The number of hydrogen-bond donors (Lipinski definition) is 0. The molecule has 0 atom stereocenters. The Morgan fingerprint density at radius 3 is 2.08 bits per heavy atom. The van der Waals surface area contributed by atoms with Gasteiger partial charge in [0, 0.05) is 13.1 Å². The van der Waals surface area contributed by atoms with Crippen LogP contribution in [-0.4, -0.2) is 23.9 Å². The maximum absolute atomic E-state index is 11.4. The maximum Gasteiger partial charge on any atom is 0.246 e. The summed E-state index contributed by atoms with van der Waals surface area (Å²) in [6.45, 7) is 7.79. The summed E-state index contributed by atoms with van der Waals surface area (Å²) >= 11 is 0. The molecule has 70 valence electrons. The molecule has 0 N–H and O–H groups in total. The molecule has 0 spiro atoms. The van der Waals surface area contributed by atoms with E-state index in [1.807, 2.05) is 11.8 Å². The third kappa shape index (κ3) is 4.16. The van der Waals surface area contributed by atoms with Gasteiger partial charge in [0.25, 0.3) is 0 Å². The van der Waals surface area contributed by atoms with Crippen LogP contribution in [0.25, 0.3) is 0 Å². The lowest BCUT2D eigenvalue weighted by atomic mass is 10.3. The van der Waals surface area contributed by atoms with Gasteiger partial charge in [-0.2, -0.15) is 0 Å². The van der Waals surface area contributed by atoms with E-state index in [2.05, 4.69) is 13.8 Å². The number of carbonyl (C=O) groups is 1. The number of rotatable bonds is 5. The van der Waals surface area contributed by atoms with Crippen molar-refractivity contribution in [2.24, 2.45) is 0 Å². The zero-order valence-electron chi connectivity index (χ0n) is 8.34. The summed E-state index contributed by atoms with van der Waals surface area (Å²) in [5, 5.41) is 0. The number of amides is 1. The molecule has 0 rings (SSSR count). The average Bonchev–Trinajstić information content (AvgIpc) is 2.04. The van der Waals surface area contributed by atoms with Crippen LogP contribution < -0.4 is 0 Å². The predicted octanol–water partition coefficient (Wildman–Crippen LogP) is 2.21. The molecule has 2 nitrogen and oxygen atoms in total. The largest absolute Gasteiger partial charge is 0.339 e. The molecule has 0 aromatic rings. The van der Waals surface area contributed by atoms with Crippen LogP contribution >= 0.6 is 0 Å². The molecule has 0 bridgehead atoms. The first-order chi connectivity index (χ1) is 5.76. The second kappa shape index (κ2) is 6.89. The van der Waals surface area contributed by atoms with Gasteiger partial charge in [-0.05, 0) is 25.8 Å². The lowest BCUT2D eigenvalue weighted by Gasteiger charge is -2.19. The quantitative estimate of drug-likeness (QED) is 0.578. The molecule has 0 radical (unpaired) electrons. The molecule has 0 aliphatic carbocycles. The standard InChI is InChI=1S/C10H19NO/c1-4-7-10(12)11(8-5-2)9-6-3/h4,7H,5-6,8-9H2,1-3H3. The molecule has 0 heterocycles. The van der Waals surface area contributed by atoms with Crippen LogP contribution in [-0.2, 0) is 4.79 Å². The smallest absolute Gasteiger partial charge is 0.246 e. The number of hydrogen-bond acceptors (Lipinski definition) is 1. The van der Waals surface area contributed by atoms with Crippen molar-refractivity contribution < 1.29 is 4.79 Å². The molecule has 0 aromatic heterocycles. The van der Waals surface area contributed by atoms with Crippen LogP contribution in [0.4, 0.5) is 0 Å². The molecule has 1 amide bonds. The first-order valence-electron chi connectivity index (χ1n) is 4.67. The Kier molecular flexibility index (Phi) is 6.44.